The molecule has 7 heteroatoms. The number of carboxylic acid groups (broad SMARTS) is 1. The predicted octanol–water partition coefficient (Wildman–Crippen LogP) is 2.92. The van der Waals surface area contributed by atoms with Crippen LogP contribution in [0, 0.1) is 0 Å². The molecule has 2 amide bonds. The SMILES string of the molecule is O=C(O)CCCc1ccc2c(n1)N(C(=O)Nc1ccccc1)CCO2. The second-order valence-electron chi connectivity index (χ2n) is 5.67. The summed E-state index contributed by atoms with van der Waals surface area (Å²) >= 11 is 0. The van der Waals surface area contributed by atoms with Crippen molar-refractivity contribution in [1.82, 2.24) is 4.98 Å². The monoisotopic (exact) mass is 341 g/mol. The summed E-state index contributed by atoms with van der Waals surface area (Å²) in [7, 11) is 0. The van der Waals surface area contributed by atoms with Crippen molar-refractivity contribution in [2.75, 3.05) is 23.4 Å². The molecule has 3 rings (SSSR count). The molecule has 0 unspecified atom stereocenters. The van der Waals surface area contributed by atoms with E-state index in [0.29, 0.717) is 43.2 Å². The molecule has 0 spiro atoms. The fraction of sp³-hybridized carbons (Fsp3) is 0.278. The summed E-state index contributed by atoms with van der Waals surface area (Å²) < 4.78 is 5.57. The van der Waals surface area contributed by atoms with Crippen LogP contribution in [0.3, 0.4) is 0 Å². The lowest BCUT2D eigenvalue weighted by atomic mass is 10.1. The maximum absolute atomic E-state index is 12.6. The topological polar surface area (TPSA) is 91.8 Å². The standard InChI is InChI=1S/C18H19N3O4/c22-16(23)8-4-7-14-9-10-15-17(19-14)21(11-12-25-15)18(24)20-13-5-2-1-3-6-13/h1-3,5-6,9-10H,4,7-8,11-12H2,(H,20,24)(H,22,23). The number of aliphatic carboxylic acids is 1. The Hall–Kier alpha value is -3.09. The zero-order valence-electron chi connectivity index (χ0n) is 13.6. The molecule has 2 N–H and O–H groups in total. The lowest BCUT2D eigenvalue weighted by Gasteiger charge is -2.28. The van der Waals surface area contributed by atoms with E-state index in [2.05, 4.69) is 10.3 Å². The molecule has 0 saturated heterocycles. The van der Waals surface area contributed by atoms with E-state index in [4.69, 9.17) is 9.84 Å². The van der Waals surface area contributed by atoms with Gasteiger partial charge in [-0.2, -0.15) is 0 Å². The number of anilines is 2. The van der Waals surface area contributed by atoms with E-state index >= 15 is 0 Å². The van der Waals surface area contributed by atoms with Gasteiger partial charge in [0, 0.05) is 17.8 Å². The van der Waals surface area contributed by atoms with Crippen molar-refractivity contribution in [2.24, 2.45) is 0 Å². The highest BCUT2D eigenvalue weighted by Crippen LogP contribution is 2.30. The lowest BCUT2D eigenvalue weighted by molar-refractivity contribution is -0.137. The number of carbonyl (C=O) groups is 2. The highest BCUT2D eigenvalue weighted by Gasteiger charge is 2.25. The molecule has 1 aliphatic rings. The summed E-state index contributed by atoms with van der Waals surface area (Å²) in [6.07, 6.45) is 1.12. The van der Waals surface area contributed by atoms with E-state index in [1.165, 1.54) is 0 Å². The van der Waals surface area contributed by atoms with Crippen LogP contribution >= 0.6 is 0 Å². The molecule has 0 atom stereocenters. The highest BCUT2D eigenvalue weighted by atomic mass is 16.5. The van der Waals surface area contributed by atoms with Gasteiger partial charge in [0.15, 0.2) is 11.6 Å². The van der Waals surface area contributed by atoms with Gasteiger partial charge in [0.05, 0.1) is 6.54 Å². The van der Waals surface area contributed by atoms with Crippen LogP contribution in [0.1, 0.15) is 18.5 Å². The molecule has 1 aromatic heterocycles. The maximum atomic E-state index is 12.6. The van der Waals surface area contributed by atoms with Crippen molar-refractivity contribution in [1.29, 1.82) is 0 Å². The molecule has 2 aromatic rings. The average molecular weight is 341 g/mol. The number of aromatic nitrogens is 1. The zero-order chi connectivity index (χ0) is 17.6. The summed E-state index contributed by atoms with van der Waals surface area (Å²) in [5.74, 6) is 0.189. The third-order valence-electron chi connectivity index (χ3n) is 3.82. The van der Waals surface area contributed by atoms with Gasteiger partial charge >= 0.3 is 12.0 Å². The molecule has 1 aromatic carbocycles. The zero-order valence-corrected chi connectivity index (χ0v) is 13.6. The molecule has 0 saturated carbocycles. The van der Waals surface area contributed by atoms with Gasteiger partial charge in [-0.05, 0) is 37.1 Å². The largest absolute Gasteiger partial charge is 0.488 e. The number of rotatable bonds is 5. The van der Waals surface area contributed by atoms with E-state index in [0.717, 1.165) is 5.69 Å². The van der Waals surface area contributed by atoms with Gasteiger partial charge < -0.3 is 15.2 Å². The second-order valence-corrected chi connectivity index (χ2v) is 5.67. The normalized spacial score (nSPS) is 12.9. The first-order valence-electron chi connectivity index (χ1n) is 8.11. The Labute approximate surface area is 145 Å². The minimum Gasteiger partial charge on any atom is -0.488 e. The van der Waals surface area contributed by atoms with Gasteiger partial charge in [-0.15, -0.1) is 0 Å². The summed E-state index contributed by atoms with van der Waals surface area (Å²) in [5.41, 5.74) is 1.45. The van der Waals surface area contributed by atoms with Crippen LogP contribution < -0.4 is 15.0 Å². The van der Waals surface area contributed by atoms with Crippen molar-refractivity contribution >= 4 is 23.5 Å². The molecule has 0 bridgehead atoms. The Balaban J connectivity index is 1.75. The molecule has 0 fully saturated rings. The third kappa shape index (κ3) is 4.26. The molecule has 0 radical (unpaired) electrons. The lowest BCUT2D eigenvalue weighted by Crippen LogP contribution is -2.41. The molecule has 1 aliphatic heterocycles. The minimum atomic E-state index is -0.829. The van der Waals surface area contributed by atoms with Crippen LogP contribution in [0.15, 0.2) is 42.5 Å². The number of urea groups is 1. The van der Waals surface area contributed by atoms with E-state index in [1.807, 2.05) is 30.3 Å². The summed E-state index contributed by atoms with van der Waals surface area (Å²) in [4.78, 5) is 29.3. The smallest absolute Gasteiger partial charge is 0.327 e. The number of nitrogens with one attached hydrogen (secondary N) is 1. The fourth-order valence-corrected chi connectivity index (χ4v) is 2.60. The molecule has 7 nitrogen and oxygen atoms in total. The molecule has 25 heavy (non-hydrogen) atoms. The molecule has 130 valence electrons. The van der Waals surface area contributed by atoms with Crippen LogP contribution in [0.5, 0.6) is 5.75 Å². The first-order chi connectivity index (χ1) is 12.1. The Morgan fingerprint density at radius 3 is 2.76 bits per heavy atom. The number of pyridine rings is 1. The number of fused-ring (bicyclic) bond motifs is 1. The predicted molar refractivity (Wildman–Crippen MR) is 93.1 cm³/mol. The maximum Gasteiger partial charge on any atom is 0.327 e. The average Bonchev–Trinajstić information content (AvgIpc) is 2.61. The number of ether oxygens (including phenoxy) is 1. The molecular formula is C18H19N3O4. The summed E-state index contributed by atoms with van der Waals surface area (Å²) in [5, 5.41) is 11.6. The van der Waals surface area contributed by atoms with Crippen molar-refractivity contribution < 1.29 is 19.4 Å². The van der Waals surface area contributed by atoms with Gasteiger partial charge in [0.25, 0.3) is 0 Å². The number of nitrogens with zero attached hydrogens (tertiary/aromatic N) is 2. The van der Waals surface area contributed by atoms with Crippen molar-refractivity contribution in [3.8, 4) is 5.75 Å². The molecule has 0 aliphatic carbocycles. The Morgan fingerprint density at radius 1 is 1.20 bits per heavy atom. The summed E-state index contributed by atoms with van der Waals surface area (Å²) in [6, 6.07) is 12.5. The van der Waals surface area contributed by atoms with E-state index in [1.54, 1.807) is 17.0 Å². The quantitative estimate of drug-likeness (QED) is 0.872. The number of amides is 2. The van der Waals surface area contributed by atoms with Crippen LogP contribution in [0.4, 0.5) is 16.3 Å². The van der Waals surface area contributed by atoms with E-state index in [9.17, 15) is 9.59 Å². The van der Waals surface area contributed by atoms with Crippen LogP contribution in [-0.2, 0) is 11.2 Å². The van der Waals surface area contributed by atoms with E-state index in [-0.39, 0.29) is 12.5 Å². The van der Waals surface area contributed by atoms with Crippen molar-refractivity contribution in [3.05, 3.63) is 48.2 Å². The van der Waals surface area contributed by atoms with E-state index < -0.39 is 5.97 Å². The number of hydrogen-bond donors (Lipinski definition) is 2. The van der Waals surface area contributed by atoms with Gasteiger partial charge in [0.2, 0.25) is 0 Å². The second kappa shape index (κ2) is 7.65. The number of benzene rings is 1. The molecular weight excluding hydrogens is 322 g/mol. The first kappa shape index (κ1) is 16.8. The van der Waals surface area contributed by atoms with Crippen molar-refractivity contribution in [2.45, 2.75) is 19.3 Å². The summed E-state index contributed by atoms with van der Waals surface area (Å²) in [6.45, 7) is 0.798. The van der Waals surface area contributed by atoms with Crippen LogP contribution in [-0.4, -0.2) is 35.2 Å². The highest BCUT2D eigenvalue weighted by molar-refractivity contribution is 6.02. The van der Waals surface area contributed by atoms with Gasteiger partial charge in [-0.3, -0.25) is 9.69 Å². The number of hydrogen-bond acceptors (Lipinski definition) is 4. The first-order valence-corrected chi connectivity index (χ1v) is 8.11. The Kier molecular flexibility index (Phi) is 5.13. The van der Waals surface area contributed by atoms with Crippen molar-refractivity contribution in [3.63, 3.8) is 0 Å². The minimum absolute atomic E-state index is 0.0907. The van der Waals surface area contributed by atoms with Gasteiger partial charge in [-0.25, -0.2) is 9.78 Å². The fourth-order valence-electron chi connectivity index (χ4n) is 2.60. The van der Waals surface area contributed by atoms with Gasteiger partial charge in [0.1, 0.15) is 6.61 Å². The number of carboxylic acids is 1. The Bertz CT molecular complexity index is 764. The number of para-hydroxylation sites is 1. The van der Waals surface area contributed by atoms with Crippen LogP contribution in [0.25, 0.3) is 0 Å². The van der Waals surface area contributed by atoms with Crippen LogP contribution in [0.2, 0.25) is 0 Å². The molecule has 2 heterocycles. The number of aryl methyl sites for hydroxylation is 1. The Morgan fingerprint density at radius 2 is 2.00 bits per heavy atom. The van der Waals surface area contributed by atoms with Gasteiger partial charge in [-0.1, -0.05) is 18.2 Å². The third-order valence-corrected chi connectivity index (χ3v) is 3.82. The number of carbonyl (C=O) groups excluding carboxylic acids is 1.